The predicted molar refractivity (Wildman–Crippen MR) is 61.5 cm³/mol. The molecule has 0 saturated heterocycles. The molecule has 16 heavy (non-hydrogen) atoms. The van der Waals surface area contributed by atoms with Crippen LogP contribution >= 0.6 is 11.6 Å². The van der Waals surface area contributed by atoms with Gasteiger partial charge in [0.2, 0.25) is 0 Å². The summed E-state index contributed by atoms with van der Waals surface area (Å²) in [5, 5.41) is 0.506. The van der Waals surface area contributed by atoms with Gasteiger partial charge in [-0.1, -0.05) is 17.7 Å². The molecule has 0 spiro atoms. The van der Waals surface area contributed by atoms with Gasteiger partial charge in [-0.2, -0.15) is 0 Å². The Balaban J connectivity index is 2.18. The van der Waals surface area contributed by atoms with E-state index in [2.05, 4.69) is 9.97 Å². The molecular weight excluding hydrogens is 224 g/mol. The molecule has 0 aromatic carbocycles. The van der Waals surface area contributed by atoms with E-state index in [1.165, 1.54) is 6.20 Å². The Labute approximate surface area is 98.1 Å². The number of Topliss-reactive ketones (excluding diaryl/α,β-unsaturated/α-hetero) is 1. The number of aromatic nitrogens is 2. The quantitative estimate of drug-likeness (QED) is 0.764. The largest absolute Gasteiger partial charge is 0.292 e. The van der Waals surface area contributed by atoms with E-state index in [1.54, 1.807) is 36.7 Å². The highest BCUT2D eigenvalue weighted by molar-refractivity contribution is 6.31. The summed E-state index contributed by atoms with van der Waals surface area (Å²) in [7, 11) is 0. The SMILES string of the molecule is O=C(Cc1ccncc1Cl)c1ccccn1. The number of carbonyl (C=O) groups excluding carboxylic acids is 1. The topological polar surface area (TPSA) is 42.9 Å². The van der Waals surface area contributed by atoms with Crippen LogP contribution in [-0.2, 0) is 6.42 Å². The van der Waals surface area contributed by atoms with Crippen molar-refractivity contribution in [2.24, 2.45) is 0 Å². The van der Waals surface area contributed by atoms with Crippen molar-refractivity contribution < 1.29 is 4.79 Å². The Kier molecular flexibility index (Phi) is 3.27. The minimum Gasteiger partial charge on any atom is -0.292 e. The Bertz CT molecular complexity index is 499. The summed E-state index contributed by atoms with van der Waals surface area (Å²) in [6.07, 6.45) is 5.00. The molecule has 0 atom stereocenters. The van der Waals surface area contributed by atoms with Gasteiger partial charge in [0.05, 0.1) is 5.02 Å². The van der Waals surface area contributed by atoms with Gasteiger partial charge in [-0.05, 0) is 23.8 Å². The molecule has 0 saturated carbocycles. The highest BCUT2D eigenvalue weighted by atomic mass is 35.5. The number of ketones is 1. The number of hydrogen-bond donors (Lipinski definition) is 0. The van der Waals surface area contributed by atoms with Gasteiger partial charge in [-0.3, -0.25) is 14.8 Å². The van der Waals surface area contributed by atoms with E-state index in [-0.39, 0.29) is 12.2 Å². The first kappa shape index (κ1) is 10.8. The van der Waals surface area contributed by atoms with Gasteiger partial charge >= 0.3 is 0 Å². The molecule has 2 aromatic rings. The molecule has 0 unspecified atom stereocenters. The van der Waals surface area contributed by atoms with Crippen LogP contribution in [0.2, 0.25) is 5.02 Å². The number of rotatable bonds is 3. The zero-order valence-electron chi connectivity index (χ0n) is 8.43. The molecule has 4 heteroatoms. The van der Waals surface area contributed by atoms with Crippen LogP contribution in [0.25, 0.3) is 0 Å². The molecule has 0 N–H and O–H groups in total. The summed E-state index contributed by atoms with van der Waals surface area (Å²) >= 11 is 5.92. The Morgan fingerprint density at radius 3 is 2.81 bits per heavy atom. The van der Waals surface area contributed by atoms with Crippen LogP contribution in [0.5, 0.6) is 0 Å². The molecule has 0 fully saturated rings. The molecule has 0 bridgehead atoms. The number of nitrogens with zero attached hydrogens (tertiary/aromatic N) is 2. The fourth-order valence-electron chi connectivity index (χ4n) is 1.34. The van der Waals surface area contributed by atoms with E-state index in [4.69, 9.17) is 11.6 Å². The van der Waals surface area contributed by atoms with E-state index < -0.39 is 0 Å². The average Bonchev–Trinajstić information content (AvgIpc) is 2.33. The first-order valence-electron chi connectivity index (χ1n) is 4.80. The van der Waals surface area contributed by atoms with Crippen LogP contribution in [-0.4, -0.2) is 15.8 Å². The highest BCUT2D eigenvalue weighted by Crippen LogP contribution is 2.15. The lowest BCUT2D eigenvalue weighted by molar-refractivity contribution is 0.0988. The first-order valence-corrected chi connectivity index (χ1v) is 5.18. The normalized spacial score (nSPS) is 10.1. The monoisotopic (exact) mass is 232 g/mol. The van der Waals surface area contributed by atoms with Crippen molar-refractivity contribution in [3.63, 3.8) is 0 Å². The third kappa shape index (κ3) is 2.44. The van der Waals surface area contributed by atoms with Crippen molar-refractivity contribution in [1.82, 2.24) is 9.97 Å². The zero-order valence-corrected chi connectivity index (χ0v) is 9.19. The number of hydrogen-bond acceptors (Lipinski definition) is 3. The Morgan fingerprint density at radius 1 is 1.25 bits per heavy atom. The Morgan fingerprint density at radius 2 is 2.12 bits per heavy atom. The lowest BCUT2D eigenvalue weighted by Crippen LogP contribution is -2.05. The van der Waals surface area contributed by atoms with Gasteiger partial charge in [0, 0.05) is 25.0 Å². The smallest absolute Gasteiger partial charge is 0.185 e. The second kappa shape index (κ2) is 4.86. The summed E-state index contributed by atoms with van der Waals surface area (Å²) in [5.74, 6) is -0.0475. The molecule has 80 valence electrons. The fourth-order valence-corrected chi connectivity index (χ4v) is 1.52. The summed E-state index contributed by atoms with van der Waals surface area (Å²) in [5.41, 5.74) is 1.22. The van der Waals surface area contributed by atoms with Crippen molar-refractivity contribution in [3.05, 3.63) is 59.1 Å². The van der Waals surface area contributed by atoms with E-state index in [9.17, 15) is 4.79 Å². The average molecular weight is 233 g/mol. The minimum absolute atomic E-state index is 0.0475. The standard InChI is InChI=1S/C12H9ClN2O/c13-10-8-14-6-4-9(10)7-12(16)11-3-1-2-5-15-11/h1-6,8H,7H2. The lowest BCUT2D eigenvalue weighted by atomic mass is 10.1. The van der Waals surface area contributed by atoms with Crippen molar-refractivity contribution in [3.8, 4) is 0 Å². The summed E-state index contributed by atoms with van der Waals surface area (Å²) in [4.78, 5) is 19.7. The minimum atomic E-state index is -0.0475. The van der Waals surface area contributed by atoms with Crippen LogP contribution in [0, 0.1) is 0 Å². The van der Waals surface area contributed by atoms with Gasteiger partial charge in [-0.25, -0.2) is 0 Å². The molecule has 0 amide bonds. The molecule has 3 nitrogen and oxygen atoms in total. The van der Waals surface area contributed by atoms with Crippen molar-refractivity contribution in [2.45, 2.75) is 6.42 Å². The molecule has 2 aromatic heterocycles. The van der Waals surface area contributed by atoms with E-state index in [0.717, 1.165) is 5.56 Å². The second-order valence-corrected chi connectivity index (χ2v) is 3.69. The van der Waals surface area contributed by atoms with E-state index in [1.807, 2.05) is 0 Å². The fraction of sp³-hybridized carbons (Fsp3) is 0.0833. The van der Waals surface area contributed by atoms with Crippen molar-refractivity contribution in [2.75, 3.05) is 0 Å². The molecule has 0 aliphatic heterocycles. The van der Waals surface area contributed by atoms with Gasteiger partial charge in [-0.15, -0.1) is 0 Å². The van der Waals surface area contributed by atoms with E-state index >= 15 is 0 Å². The molecule has 2 rings (SSSR count). The summed E-state index contributed by atoms with van der Waals surface area (Å²) in [6.45, 7) is 0. The van der Waals surface area contributed by atoms with Crippen molar-refractivity contribution in [1.29, 1.82) is 0 Å². The predicted octanol–water partition coefficient (Wildman–Crippen LogP) is 2.56. The number of carbonyl (C=O) groups is 1. The molecule has 2 heterocycles. The third-order valence-electron chi connectivity index (χ3n) is 2.16. The Hall–Kier alpha value is -1.74. The van der Waals surface area contributed by atoms with Crippen LogP contribution in [0.3, 0.4) is 0 Å². The van der Waals surface area contributed by atoms with Crippen molar-refractivity contribution >= 4 is 17.4 Å². The second-order valence-electron chi connectivity index (χ2n) is 3.28. The molecule has 0 aliphatic carbocycles. The van der Waals surface area contributed by atoms with Gasteiger partial charge in [0.1, 0.15) is 5.69 Å². The van der Waals surface area contributed by atoms with Gasteiger partial charge < -0.3 is 0 Å². The summed E-state index contributed by atoms with van der Waals surface area (Å²) in [6, 6.07) is 6.99. The zero-order chi connectivity index (χ0) is 11.4. The number of halogens is 1. The van der Waals surface area contributed by atoms with Gasteiger partial charge in [0.25, 0.3) is 0 Å². The van der Waals surface area contributed by atoms with Crippen LogP contribution < -0.4 is 0 Å². The summed E-state index contributed by atoms with van der Waals surface area (Å²) < 4.78 is 0. The highest BCUT2D eigenvalue weighted by Gasteiger charge is 2.09. The molecule has 0 aliphatic rings. The molecular formula is C12H9ClN2O. The van der Waals surface area contributed by atoms with Crippen LogP contribution in [0.15, 0.2) is 42.9 Å². The first-order chi connectivity index (χ1) is 7.77. The number of pyridine rings is 2. The van der Waals surface area contributed by atoms with Gasteiger partial charge in [0.15, 0.2) is 5.78 Å². The lowest BCUT2D eigenvalue weighted by Gasteiger charge is -2.02. The molecule has 0 radical (unpaired) electrons. The van der Waals surface area contributed by atoms with Crippen LogP contribution in [0.1, 0.15) is 16.1 Å². The maximum Gasteiger partial charge on any atom is 0.185 e. The maximum atomic E-state index is 11.8. The third-order valence-corrected chi connectivity index (χ3v) is 2.50. The maximum absolute atomic E-state index is 11.8. The van der Waals surface area contributed by atoms with Crippen LogP contribution in [0.4, 0.5) is 0 Å². The van der Waals surface area contributed by atoms with E-state index in [0.29, 0.717) is 10.7 Å².